The second-order valence-corrected chi connectivity index (χ2v) is 7.45. The van der Waals surface area contributed by atoms with Crippen molar-refractivity contribution in [1.29, 1.82) is 0 Å². The van der Waals surface area contributed by atoms with Crippen LogP contribution in [0.25, 0.3) is 0 Å². The van der Waals surface area contributed by atoms with Gasteiger partial charge >= 0.3 is 0 Å². The number of benzene rings is 1. The molecule has 4 nitrogen and oxygen atoms in total. The van der Waals surface area contributed by atoms with E-state index in [4.69, 9.17) is 4.74 Å². The first-order chi connectivity index (χ1) is 12.6. The van der Waals surface area contributed by atoms with Crippen LogP contribution in [0.5, 0.6) is 5.88 Å². The van der Waals surface area contributed by atoms with E-state index in [1.54, 1.807) is 0 Å². The van der Waals surface area contributed by atoms with Crippen LogP contribution in [0, 0.1) is 0 Å². The molecule has 1 unspecified atom stereocenters. The molecule has 0 spiro atoms. The number of pyridine rings is 1. The van der Waals surface area contributed by atoms with E-state index in [1.807, 2.05) is 13.1 Å². The summed E-state index contributed by atoms with van der Waals surface area (Å²) in [5.41, 5.74) is 4.21. The van der Waals surface area contributed by atoms with Crippen molar-refractivity contribution in [2.24, 2.45) is 0 Å². The van der Waals surface area contributed by atoms with Crippen molar-refractivity contribution in [1.82, 2.24) is 14.8 Å². The summed E-state index contributed by atoms with van der Waals surface area (Å²) in [6.07, 6.45) is 1.85. The van der Waals surface area contributed by atoms with Crippen molar-refractivity contribution in [3.8, 4) is 5.88 Å². The molecule has 1 aliphatic heterocycles. The van der Waals surface area contributed by atoms with Gasteiger partial charge in [0.2, 0.25) is 5.88 Å². The van der Waals surface area contributed by atoms with Gasteiger partial charge in [0.05, 0.1) is 6.61 Å². The average molecular weight is 354 g/mol. The molecule has 0 radical (unpaired) electrons. The molecular formula is C22H31N3O. The highest BCUT2D eigenvalue weighted by Gasteiger charge is 2.27. The molecule has 4 heteroatoms. The van der Waals surface area contributed by atoms with Gasteiger partial charge in [-0.15, -0.1) is 0 Å². The molecule has 3 rings (SSSR count). The number of nitrogens with zero attached hydrogens (tertiary/aromatic N) is 3. The Bertz CT molecular complexity index is 716. The Kier molecular flexibility index (Phi) is 6.28. The lowest BCUT2D eigenvalue weighted by molar-refractivity contribution is 0.0898. The molecule has 0 bridgehead atoms. The highest BCUT2D eigenvalue weighted by molar-refractivity contribution is 5.33. The van der Waals surface area contributed by atoms with Crippen LogP contribution in [-0.4, -0.2) is 48.1 Å². The van der Waals surface area contributed by atoms with Gasteiger partial charge in [-0.25, -0.2) is 4.98 Å². The van der Waals surface area contributed by atoms with Crippen LogP contribution in [0.1, 0.15) is 49.4 Å². The Hall–Kier alpha value is -1.91. The number of rotatable bonds is 6. The monoisotopic (exact) mass is 353 g/mol. The maximum atomic E-state index is 5.55. The quantitative estimate of drug-likeness (QED) is 0.782. The molecule has 1 atom stereocenters. The van der Waals surface area contributed by atoms with Crippen molar-refractivity contribution in [3.05, 3.63) is 59.3 Å². The molecule has 140 valence electrons. The van der Waals surface area contributed by atoms with Crippen LogP contribution in [0.3, 0.4) is 0 Å². The molecule has 1 fully saturated rings. The van der Waals surface area contributed by atoms with Crippen LogP contribution in [0.4, 0.5) is 0 Å². The Balaban J connectivity index is 1.75. The van der Waals surface area contributed by atoms with Gasteiger partial charge in [0.15, 0.2) is 0 Å². The fourth-order valence-electron chi connectivity index (χ4n) is 3.78. The normalized spacial score (nSPS) is 19.0. The van der Waals surface area contributed by atoms with E-state index in [0.717, 1.165) is 32.1 Å². The third-order valence-corrected chi connectivity index (χ3v) is 5.21. The molecule has 0 aliphatic carbocycles. The molecule has 2 aromatic rings. The molecule has 1 aromatic carbocycles. The van der Waals surface area contributed by atoms with E-state index in [0.29, 0.717) is 18.6 Å². The van der Waals surface area contributed by atoms with E-state index in [9.17, 15) is 0 Å². The van der Waals surface area contributed by atoms with Crippen LogP contribution in [0.2, 0.25) is 0 Å². The van der Waals surface area contributed by atoms with Crippen LogP contribution in [0.15, 0.2) is 42.6 Å². The van der Waals surface area contributed by atoms with Gasteiger partial charge in [0, 0.05) is 44.5 Å². The number of ether oxygens (including phenoxy) is 1. The number of hydrogen-bond acceptors (Lipinski definition) is 4. The van der Waals surface area contributed by atoms with E-state index < -0.39 is 0 Å². The van der Waals surface area contributed by atoms with Gasteiger partial charge in [0.1, 0.15) is 0 Å². The largest absolute Gasteiger partial charge is 0.478 e. The first-order valence-electron chi connectivity index (χ1n) is 9.67. The van der Waals surface area contributed by atoms with Crippen LogP contribution in [-0.2, 0) is 6.54 Å². The molecule has 2 heterocycles. The van der Waals surface area contributed by atoms with Crippen LogP contribution >= 0.6 is 0 Å². The van der Waals surface area contributed by atoms with Crippen molar-refractivity contribution in [2.75, 3.05) is 33.3 Å². The molecule has 0 saturated carbocycles. The molecule has 1 aromatic heterocycles. The van der Waals surface area contributed by atoms with Gasteiger partial charge in [-0.05, 0) is 42.6 Å². The van der Waals surface area contributed by atoms with Gasteiger partial charge in [-0.3, -0.25) is 9.80 Å². The van der Waals surface area contributed by atoms with E-state index in [1.165, 1.54) is 16.7 Å². The molecular weight excluding hydrogens is 322 g/mol. The first-order valence-corrected chi connectivity index (χ1v) is 9.67. The lowest BCUT2D eigenvalue weighted by atomic mass is 9.91. The summed E-state index contributed by atoms with van der Waals surface area (Å²) < 4.78 is 5.55. The lowest BCUT2D eigenvalue weighted by Crippen LogP contribution is -2.46. The topological polar surface area (TPSA) is 28.6 Å². The number of piperazine rings is 1. The predicted molar refractivity (Wildman–Crippen MR) is 107 cm³/mol. The number of likely N-dealkylation sites (N-methyl/N-ethyl adjacent to an activating group) is 1. The smallest absolute Gasteiger partial charge is 0.213 e. The average Bonchev–Trinajstić information content (AvgIpc) is 2.64. The van der Waals surface area contributed by atoms with Crippen LogP contribution < -0.4 is 4.74 Å². The number of aromatic nitrogens is 1. The summed E-state index contributed by atoms with van der Waals surface area (Å²) in [4.78, 5) is 9.32. The summed E-state index contributed by atoms with van der Waals surface area (Å²) in [7, 11) is 2.25. The molecule has 1 aliphatic rings. The zero-order chi connectivity index (χ0) is 18.5. The minimum atomic E-state index is 0.440. The second-order valence-electron chi connectivity index (χ2n) is 7.45. The summed E-state index contributed by atoms with van der Waals surface area (Å²) in [5.74, 6) is 1.27. The van der Waals surface area contributed by atoms with Crippen molar-refractivity contribution in [3.63, 3.8) is 0 Å². The highest BCUT2D eigenvalue weighted by Crippen LogP contribution is 2.31. The number of hydrogen-bond donors (Lipinski definition) is 0. The first kappa shape index (κ1) is 18.9. The minimum Gasteiger partial charge on any atom is -0.478 e. The Labute approximate surface area is 157 Å². The maximum Gasteiger partial charge on any atom is 0.213 e. The van der Waals surface area contributed by atoms with Gasteiger partial charge in [-0.1, -0.05) is 38.1 Å². The molecule has 0 N–H and O–H groups in total. The van der Waals surface area contributed by atoms with E-state index in [-0.39, 0.29) is 0 Å². The lowest BCUT2D eigenvalue weighted by Gasteiger charge is -2.40. The van der Waals surface area contributed by atoms with Crippen molar-refractivity contribution < 1.29 is 4.74 Å². The molecule has 1 saturated heterocycles. The van der Waals surface area contributed by atoms with Gasteiger partial charge in [0.25, 0.3) is 0 Å². The fraction of sp³-hybridized carbons (Fsp3) is 0.500. The second kappa shape index (κ2) is 8.65. The molecule has 26 heavy (non-hydrogen) atoms. The van der Waals surface area contributed by atoms with Gasteiger partial charge in [-0.2, -0.15) is 0 Å². The summed E-state index contributed by atoms with van der Waals surface area (Å²) in [6.45, 7) is 11.4. The van der Waals surface area contributed by atoms with Gasteiger partial charge < -0.3 is 4.74 Å². The highest BCUT2D eigenvalue weighted by atomic mass is 16.5. The Morgan fingerprint density at radius 1 is 1.19 bits per heavy atom. The Morgan fingerprint density at radius 2 is 2.00 bits per heavy atom. The standard InChI is InChI=1S/C22H31N3O/c1-5-26-22-14-18(10-11-23-22)15-25-13-12-24(4)21(16-25)20-9-7-6-8-19(20)17(2)3/h6-11,14,17,21H,5,12-13,15-16H2,1-4H3. The summed E-state index contributed by atoms with van der Waals surface area (Å²) in [6, 6.07) is 13.5. The predicted octanol–water partition coefficient (Wildman–Crippen LogP) is 4.09. The fourth-order valence-corrected chi connectivity index (χ4v) is 3.78. The van der Waals surface area contributed by atoms with Crippen molar-refractivity contribution in [2.45, 2.75) is 39.3 Å². The zero-order valence-corrected chi connectivity index (χ0v) is 16.5. The third-order valence-electron chi connectivity index (χ3n) is 5.21. The summed E-state index contributed by atoms with van der Waals surface area (Å²) in [5, 5.41) is 0. The minimum absolute atomic E-state index is 0.440. The van der Waals surface area contributed by atoms with Crippen molar-refractivity contribution >= 4 is 0 Å². The zero-order valence-electron chi connectivity index (χ0n) is 16.5. The summed E-state index contributed by atoms with van der Waals surface area (Å²) >= 11 is 0. The van der Waals surface area contributed by atoms with E-state index in [2.05, 4.69) is 72.1 Å². The van der Waals surface area contributed by atoms with E-state index >= 15 is 0 Å². The third kappa shape index (κ3) is 4.43. The Morgan fingerprint density at radius 3 is 2.77 bits per heavy atom. The SMILES string of the molecule is CCOc1cc(CN2CCN(C)C(c3ccccc3C(C)C)C2)ccn1. The maximum absolute atomic E-state index is 5.55. The molecule has 0 amide bonds.